The van der Waals surface area contributed by atoms with Crippen molar-refractivity contribution >= 4 is 5.91 Å². The second kappa shape index (κ2) is 8.77. The molecule has 0 atom stereocenters. The van der Waals surface area contributed by atoms with E-state index >= 15 is 0 Å². The average Bonchev–Trinajstić information content (AvgIpc) is 3.56. The van der Waals surface area contributed by atoms with Crippen molar-refractivity contribution in [1.82, 2.24) is 10.6 Å². The fourth-order valence-corrected chi connectivity index (χ4v) is 3.55. The maximum atomic E-state index is 13.6. The van der Waals surface area contributed by atoms with E-state index in [1.54, 1.807) is 42.5 Å². The third kappa shape index (κ3) is 5.23. The van der Waals surface area contributed by atoms with Crippen LogP contribution in [0.15, 0.2) is 48.5 Å². The summed E-state index contributed by atoms with van der Waals surface area (Å²) in [5, 5.41) is 6.80. The number of hydrogen-bond donors (Lipinski definition) is 2. The minimum atomic E-state index is -0.335. The Morgan fingerprint density at radius 2 is 1.79 bits per heavy atom. The first-order valence-electron chi connectivity index (χ1n) is 10.1. The molecule has 1 amide bonds. The lowest BCUT2D eigenvalue weighted by molar-refractivity contribution is 0.0366. The van der Waals surface area contributed by atoms with Crippen molar-refractivity contribution in [3.8, 4) is 11.8 Å². The van der Waals surface area contributed by atoms with Gasteiger partial charge in [0.05, 0.1) is 5.56 Å². The zero-order valence-corrected chi connectivity index (χ0v) is 16.3. The van der Waals surface area contributed by atoms with Gasteiger partial charge in [0.15, 0.2) is 0 Å². The Labute approximate surface area is 170 Å². The van der Waals surface area contributed by atoms with Crippen LogP contribution in [-0.4, -0.2) is 37.2 Å². The van der Waals surface area contributed by atoms with Gasteiger partial charge in [-0.15, -0.1) is 0 Å². The summed E-state index contributed by atoms with van der Waals surface area (Å²) in [5.41, 5.74) is 1.62. The van der Waals surface area contributed by atoms with E-state index in [4.69, 9.17) is 4.74 Å². The Balaban J connectivity index is 1.37. The van der Waals surface area contributed by atoms with Crippen molar-refractivity contribution in [3.05, 3.63) is 71.0 Å². The zero-order chi connectivity index (χ0) is 20.1. The van der Waals surface area contributed by atoms with Gasteiger partial charge in [-0.05, 0) is 62.1 Å². The third-order valence-electron chi connectivity index (χ3n) is 5.49. The van der Waals surface area contributed by atoms with E-state index in [-0.39, 0.29) is 17.3 Å². The molecule has 2 aromatic carbocycles. The summed E-state index contributed by atoms with van der Waals surface area (Å²) in [6.45, 7) is 2.05. The number of ether oxygens (including phenoxy) is 1. The van der Waals surface area contributed by atoms with Gasteiger partial charge in [-0.3, -0.25) is 4.79 Å². The summed E-state index contributed by atoms with van der Waals surface area (Å²) in [6.07, 6.45) is 4.25. The van der Waals surface area contributed by atoms with Gasteiger partial charge in [0.25, 0.3) is 5.91 Å². The standard InChI is InChI=1S/C24H25FN2O2/c25-22-4-2-1-3-19(22)8-5-18-6-9-20(10-7-18)23(28)26-17-24(27-21-11-12-21)13-15-29-16-14-24/h1-4,6-7,9-10,21,27H,11-17H2,(H,26,28). The third-order valence-corrected chi connectivity index (χ3v) is 5.49. The van der Waals surface area contributed by atoms with E-state index in [1.807, 2.05) is 0 Å². The van der Waals surface area contributed by atoms with Crippen LogP contribution in [0.5, 0.6) is 0 Å². The maximum Gasteiger partial charge on any atom is 0.251 e. The molecule has 4 nitrogen and oxygen atoms in total. The van der Waals surface area contributed by atoms with Crippen LogP contribution in [0.3, 0.4) is 0 Å². The molecule has 0 radical (unpaired) electrons. The van der Waals surface area contributed by atoms with Crippen LogP contribution in [0.4, 0.5) is 4.39 Å². The molecular formula is C24H25FN2O2. The van der Waals surface area contributed by atoms with Crippen molar-refractivity contribution in [2.45, 2.75) is 37.3 Å². The SMILES string of the molecule is O=C(NCC1(NC2CC2)CCOCC1)c1ccc(C#Cc2ccccc2F)cc1. The van der Waals surface area contributed by atoms with E-state index < -0.39 is 0 Å². The molecule has 1 saturated heterocycles. The second-order valence-electron chi connectivity index (χ2n) is 7.80. The largest absolute Gasteiger partial charge is 0.381 e. The molecule has 2 aromatic rings. The number of benzene rings is 2. The van der Waals surface area contributed by atoms with E-state index in [1.165, 1.54) is 18.9 Å². The lowest BCUT2D eigenvalue weighted by Gasteiger charge is -2.38. The lowest BCUT2D eigenvalue weighted by atomic mass is 9.89. The second-order valence-corrected chi connectivity index (χ2v) is 7.80. The molecule has 1 aliphatic heterocycles. The summed E-state index contributed by atoms with van der Waals surface area (Å²) in [5.74, 6) is 5.34. The van der Waals surface area contributed by atoms with E-state index in [0.717, 1.165) is 31.6 Å². The average molecular weight is 392 g/mol. The zero-order valence-electron chi connectivity index (χ0n) is 16.3. The Hall–Kier alpha value is -2.68. The molecule has 0 spiro atoms. The summed E-state index contributed by atoms with van der Waals surface area (Å²) >= 11 is 0. The van der Waals surface area contributed by atoms with Crippen LogP contribution in [0.25, 0.3) is 0 Å². The molecule has 1 aliphatic carbocycles. The van der Waals surface area contributed by atoms with Gasteiger partial charge in [0.1, 0.15) is 5.82 Å². The predicted octanol–water partition coefficient (Wildman–Crippen LogP) is 3.26. The van der Waals surface area contributed by atoms with Crippen molar-refractivity contribution in [2.24, 2.45) is 0 Å². The Morgan fingerprint density at radius 1 is 1.07 bits per heavy atom. The van der Waals surface area contributed by atoms with Crippen LogP contribution in [0.1, 0.15) is 47.2 Å². The van der Waals surface area contributed by atoms with Crippen molar-refractivity contribution < 1.29 is 13.9 Å². The molecule has 4 rings (SSSR count). The number of rotatable bonds is 5. The molecule has 150 valence electrons. The highest BCUT2D eigenvalue weighted by molar-refractivity contribution is 5.94. The van der Waals surface area contributed by atoms with Crippen LogP contribution in [-0.2, 0) is 4.74 Å². The normalized spacial score (nSPS) is 17.8. The molecule has 0 unspecified atom stereocenters. The lowest BCUT2D eigenvalue weighted by Crippen LogP contribution is -2.57. The number of nitrogens with one attached hydrogen (secondary N) is 2. The van der Waals surface area contributed by atoms with Gasteiger partial charge in [-0.2, -0.15) is 0 Å². The van der Waals surface area contributed by atoms with Crippen molar-refractivity contribution in [3.63, 3.8) is 0 Å². The Bertz CT molecular complexity index is 920. The summed E-state index contributed by atoms with van der Waals surface area (Å²) in [4.78, 5) is 12.6. The number of halogens is 1. The smallest absolute Gasteiger partial charge is 0.251 e. The fourth-order valence-electron chi connectivity index (χ4n) is 3.55. The van der Waals surface area contributed by atoms with Gasteiger partial charge >= 0.3 is 0 Å². The molecule has 0 aromatic heterocycles. The highest BCUT2D eigenvalue weighted by atomic mass is 19.1. The number of hydrogen-bond acceptors (Lipinski definition) is 3. The Kier molecular flexibility index (Phi) is 5.94. The maximum absolute atomic E-state index is 13.6. The van der Waals surface area contributed by atoms with Gasteiger partial charge in [0.2, 0.25) is 0 Å². The van der Waals surface area contributed by atoms with Crippen LogP contribution in [0.2, 0.25) is 0 Å². The summed E-state index contributed by atoms with van der Waals surface area (Å²) in [6, 6.07) is 14.1. The first kappa shape index (κ1) is 19.6. The molecule has 0 bridgehead atoms. The quantitative estimate of drug-likeness (QED) is 0.768. The monoisotopic (exact) mass is 392 g/mol. The number of carbonyl (C=O) groups excluding carboxylic acids is 1. The summed E-state index contributed by atoms with van der Waals surface area (Å²) < 4.78 is 19.2. The highest BCUT2D eigenvalue weighted by Gasteiger charge is 2.37. The van der Waals surface area contributed by atoms with Crippen LogP contribution in [0, 0.1) is 17.7 Å². The van der Waals surface area contributed by atoms with Crippen molar-refractivity contribution in [2.75, 3.05) is 19.8 Å². The number of amides is 1. The first-order valence-corrected chi connectivity index (χ1v) is 10.1. The van der Waals surface area contributed by atoms with Gasteiger partial charge in [-0.25, -0.2) is 4.39 Å². The van der Waals surface area contributed by atoms with Gasteiger partial charge in [0, 0.05) is 42.5 Å². The molecule has 29 heavy (non-hydrogen) atoms. The number of carbonyl (C=O) groups is 1. The topological polar surface area (TPSA) is 50.4 Å². The van der Waals surface area contributed by atoms with Crippen LogP contribution < -0.4 is 10.6 Å². The van der Waals surface area contributed by atoms with Crippen molar-refractivity contribution in [1.29, 1.82) is 0 Å². The summed E-state index contributed by atoms with van der Waals surface area (Å²) in [7, 11) is 0. The minimum Gasteiger partial charge on any atom is -0.381 e. The van der Waals surface area contributed by atoms with E-state index in [9.17, 15) is 9.18 Å². The Morgan fingerprint density at radius 3 is 2.48 bits per heavy atom. The predicted molar refractivity (Wildman–Crippen MR) is 110 cm³/mol. The van der Waals surface area contributed by atoms with Gasteiger partial charge < -0.3 is 15.4 Å². The van der Waals surface area contributed by atoms with E-state index in [2.05, 4.69) is 22.5 Å². The van der Waals surface area contributed by atoms with Crippen LogP contribution >= 0.6 is 0 Å². The molecule has 2 N–H and O–H groups in total. The first-order chi connectivity index (χ1) is 14.1. The molecule has 1 saturated carbocycles. The fraction of sp³-hybridized carbons (Fsp3) is 0.375. The highest BCUT2D eigenvalue weighted by Crippen LogP contribution is 2.28. The molecule has 1 heterocycles. The molecule has 2 fully saturated rings. The molecule has 5 heteroatoms. The van der Waals surface area contributed by atoms with Gasteiger partial charge in [-0.1, -0.05) is 24.0 Å². The molecular weight excluding hydrogens is 367 g/mol. The minimum absolute atomic E-state index is 0.0692. The van der Waals surface area contributed by atoms with E-state index in [0.29, 0.717) is 23.7 Å². The molecule has 2 aliphatic rings.